The van der Waals surface area contributed by atoms with Gasteiger partial charge in [0, 0.05) is 11.7 Å². The Hall–Kier alpha value is -2.38. The maximum atomic E-state index is 13.0. The standard InChI is InChI=1S/C22H24N4OS2/c27-20(23-17-12-6-2-7-13-17)19(16-10-4-1-5-11-16)28-22-26-25-21(29-22)24-18-14-8-3-9-15-18/h1-2,4-7,10-13,18-19H,3,8-9,14-15H2,(H,23,27)(H,24,25). The Morgan fingerprint density at radius 1 is 0.966 bits per heavy atom. The zero-order chi connectivity index (χ0) is 19.9. The smallest absolute Gasteiger partial charge is 0.242 e. The highest BCUT2D eigenvalue weighted by atomic mass is 32.2. The van der Waals surface area contributed by atoms with Gasteiger partial charge in [-0.25, -0.2) is 0 Å². The lowest BCUT2D eigenvalue weighted by Gasteiger charge is -2.21. The number of hydrogen-bond acceptors (Lipinski definition) is 6. The first kappa shape index (κ1) is 19.9. The van der Waals surface area contributed by atoms with E-state index in [2.05, 4.69) is 20.8 Å². The molecule has 0 spiro atoms. The molecule has 1 amide bonds. The molecule has 5 nitrogen and oxygen atoms in total. The number of benzene rings is 2. The number of nitrogens with zero attached hydrogens (tertiary/aromatic N) is 2. The van der Waals surface area contributed by atoms with Gasteiger partial charge in [-0.05, 0) is 30.5 Å². The molecular formula is C22H24N4OS2. The molecule has 1 atom stereocenters. The highest BCUT2D eigenvalue weighted by Gasteiger charge is 2.24. The first-order chi connectivity index (χ1) is 14.3. The van der Waals surface area contributed by atoms with Crippen molar-refractivity contribution in [2.24, 2.45) is 0 Å². The number of thioether (sulfide) groups is 1. The van der Waals surface area contributed by atoms with Crippen LogP contribution in [0.2, 0.25) is 0 Å². The number of anilines is 2. The molecule has 4 rings (SSSR count). The van der Waals surface area contributed by atoms with Crippen LogP contribution in [-0.2, 0) is 4.79 Å². The zero-order valence-electron chi connectivity index (χ0n) is 16.1. The van der Waals surface area contributed by atoms with Crippen molar-refractivity contribution >= 4 is 39.8 Å². The molecule has 150 valence electrons. The molecule has 2 N–H and O–H groups in total. The van der Waals surface area contributed by atoms with Gasteiger partial charge in [0.2, 0.25) is 11.0 Å². The number of carbonyl (C=O) groups excluding carboxylic acids is 1. The highest BCUT2D eigenvalue weighted by molar-refractivity contribution is 8.02. The molecule has 0 saturated heterocycles. The van der Waals surface area contributed by atoms with Crippen molar-refractivity contribution in [2.75, 3.05) is 10.6 Å². The summed E-state index contributed by atoms with van der Waals surface area (Å²) < 4.78 is 0.792. The predicted octanol–water partition coefficient (Wildman–Crippen LogP) is 5.75. The van der Waals surface area contributed by atoms with E-state index < -0.39 is 5.25 Å². The summed E-state index contributed by atoms with van der Waals surface area (Å²) in [5, 5.41) is 15.6. The van der Waals surface area contributed by atoms with Gasteiger partial charge in [0.05, 0.1) is 0 Å². The summed E-state index contributed by atoms with van der Waals surface area (Å²) in [7, 11) is 0. The Kier molecular flexibility index (Phi) is 6.79. The van der Waals surface area contributed by atoms with E-state index in [9.17, 15) is 4.79 Å². The Bertz CT molecular complexity index is 911. The third-order valence-corrected chi connectivity index (χ3v) is 7.13. The molecule has 1 fully saturated rings. The van der Waals surface area contributed by atoms with E-state index in [0.29, 0.717) is 6.04 Å². The number of carbonyl (C=O) groups is 1. The van der Waals surface area contributed by atoms with Gasteiger partial charge in [0.1, 0.15) is 5.25 Å². The van der Waals surface area contributed by atoms with Gasteiger partial charge in [-0.15, -0.1) is 10.2 Å². The number of para-hydroxylation sites is 1. The van der Waals surface area contributed by atoms with Crippen LogP contribution in [0.1, 0.15) is 42.9 Å². The minimum Gasteiger partial charge on any atom is -0.357 e. The third kappa shape index (κ3) is 5.58. The topological polar surface area (TPSA) is 66.9 Å². The van der Waals surface area contributed by atoms with Crippen LogP contribution >= 0.6 is 23.1 Å². The first-order valence-corrected chi connectivity index (χ1v) is 11.6. The Balaban J connectivity index is 1.47. The molecule has 2 aromatic carbocycles. The van der Waals surface area contributed by atoms with Crippen LogP contribution in [0.4, 0.5) is 10.8 Å². The normalized spacial score (nSPS) is 15.6. The average molecular weight is 425 g/mol. The van der Waals surface area contributed by atoms with Crippen molar-refractivity contribution in [1.82, 2.24) is 10.2 Å². The first-order valence-electron chi connectivity index (χ1n) is 9.95. The van der Waals surface area contributed by atoms with Gasteiger partial charge in [-0.2, -0.15) is 0 Å². The zero-order valence-corrected chi connectivity index (χ0v) is 17.7. The molecule has 1 unspecified atom stereocenters. The molecule has 0 aliphatic heterocycles. The van der Waals surface area contributed by atoms with Crippen LogP contribution in [-0.4, -0.2) is 22.1 Å². The second-order valence-electron chi connectivity index (χ2n) is 7.12. The van der Waals surface area contributed by atoms with Crippen molar-refractivity contribution < 1.29 is 4.79 Å². The summed E-state index contributed by atoms with van der Waals surface area (Å²) >= 11 is 2.97. The van der Waals surface area contributed by atoms with Gasteiger partial charge >= 0.3 is 0 Å². The summed E-state index contributed by atoms with van der Waals surface area (Å²) in [5.41, 5.74) is 1.74. The van der Waals surface area contributed by atoms with Crippen molar-refractivity contribution in [2.45, 2.75) is 47.7 Å². The van der Waals surface area contributed by atoms with E-state index in [-0.39, 0.29) is 5.91 Å². The van der Waals surface area contributed by atoms with Crippen molar-refractivity contribution in [3.05, 3.63) is 66.2 Å². The molecule has 1 heterocycles. The number of rotatable bonds is 7. The van der Waals surface area contributed by atoms with Crippen LogP contribution in [0.15, 0.2) is 65.0 Å². The van der Waals surface area contributed by atoms with E-state index in [0.717, 1.165) is 20.7 Å². The van der Waals surface area contributed by atoms with Gasteiger partial charge in [0.15, 0.2) is 4.34 Å². The predicted molar refractivity (Wildman–Crippen MR) is 121 cm³/mol. The lowest BCUT2D eigenvalue weighted by Crippen LogP contribution is -2.21. The maximum Gasteiger partial charge on any atom is 0.242 e. The lowest BCUT2D eigenvalue weighted by atomic mass is 9.96. The molecule has 0 bridgehead atoms. The summed E-state index contributed by atoms with van der Waals surface area (Å²) in [5.74, 6) is -0.0654. The summed E-state index contributed by atoms with van der Waals surface area (Å²) in [4.78, 5) is 13.0. The molecule has 29 heavy (non-hydrogen) atoms. The van der Waals surface area contributed by atoms with Crippen molar-refractivity contribution in [1.29, 1.82) is 0 Å². The fourth-order valence-corrected chi connectivity index (χ4v) is 5.49. The van der Waals surface area contributed by atoms with E-state index >= 15 is 0 Å². The van der Waals surface area contributed by atoms with Crippen LogP contribution < -0.4 is 10.6 Å². The second-order valence-corrected chi connectivity index (χ2v) is 9.45. The van der Waals surface area contributed by atoms with E-state index in [1.807, 2.05) is 60.7 Å². The Morgan fingerprint density at radius 3 is 2.38 bits per heavy atom. The monoisotopic (exact) mass is 424 g/mol. The molecule has 1 aliphatic carbocycles. The number of hydrogen-bond donors (Lipinski definition) is 2. The number of nitrogens with one attached hydrogen (secondary N) is 2. The molecule has 1 saturated carbocycles. The summed E-state index contributed by atoms with van der Waals surface area (Å²) in [6.07, 6.45) is 6.24. The minimum atomic E-state index is -0.396. The highest BCUT2D eigenvalue weighted by Crippen LogP contribution is 2.39. The molecule has 1 aliphatic rings. The van der Waals surface area contributed by atoms with E-state index in [4.69, 9.17) is 0 Å². The third-order valence-electron chi connectivity index (χ3n) is 4.94. The molecule has 3 aromatic rings. The maximum absolute atomic E-state index is 13.0. The van der Waals surface area contributed by atoms with E-state index in [1.54, 1.807) is 0 Å². The quantitative estimate of drug-likeness (QED) is 0.472. The van der Waals surface area contributed by atoms with Crippen LogP contribution in [0.5, 0.6) is 0 Å². The van der Waals surface area contributed by atoms with Crippen molar-refractivity contribution in [3.63, 3.8) is 0 Å². The van der Waals surface area contributed by atoms with Gasteiger partial charge in [-0.1, -0.05) is 90.9 Å². The fourth-order valence-electron chi connectivity index (χ4n) is 3.47. The van der Waals surface area contributed by atoms with E-state index in [1.165, 1.54) is 55.2 Å². The molecular weight excluding hydrogens is 400 g/mol. The number of amides is 1. The number of aromatic nitrogens is 2. The summed E-state index contributed by atoms with van der Waals surface area (Å²) in [6.45, 7) is 0. The second kappa shape index (κ2) is 9.89. The van der Waals surface area contributed by atoms with Crippen LogP contribution in [0.3, 0.4) is 0 Å². The largest absolute Gasteiger partial charge is 0.357 e. The Labute approximate surface area is 179 Å². The fraction of sp³-hybridized carbons (Fsp3) is 0.318. The average Bonchev–Trinajstić information content (AvgIpc) is 3.21. The molecule has 1 aromatic heterocycles. The lowest BCUT2D eigenvalue weighted by molar-refractivity contribution is -0.115. The van der Waals surface area contributed by atoms with Gasteiger partial charge in [-0.3, -0.25) is 4.79 Å². The SMILES string of the molecule is O=C(Nc1ccccc1)C(Sc1nnc(NC2CCCCC2)s1)c1ccccc1. The van der Waals surface area contributed by atoms with Crippen molar-refractivity contribution in [3.8, 4) is 0 Å². The van der Waals surface area contributed by atoms with Crippen LogP contribution in [0.25, 0.3) is 0 Å². The summed E-state index contributed by atoms with van der Waals surface area (Å²) in [6, 6.07) is 19.8. The van der Waals surface area contributed by atoms with Crippen LogP contribution in [0, 0.1) is 0 Å². The Morgan fingerprint density at radius 2 is 1.66 bits per heavy atom. The van der Waals surface area contributed by atoms with Gasteiger partial charge < -0.3 is 10.6 Å². The molecule has 0 radical (unpaired) electrons. The molecule has 7 heteroatoms. The van der Waals surface area contributed by atoms with Gasteiger partial charge in [0.25, 0.3) is 0 Å². The minimum absolute atomic E-state index is 0.0654.